The van der Waals surface area contributed by atoms with Crippen LogP contribution in [0.4, 0.5) is 0 Å². The van der Waals surface area contributed by atoms with E-state index in [-0.39, 0.29) is 5.24 Å². The number of carbonyl (C=O) groups excluding carboxylic acids is 1. The Labute approximate surface area is 100 Å². The van der Waals surface area contributed by atoms with E-state index >= 15 is 0 Å². The van der Waals surface area contributed by atoms with Crippen LogP contribution in [0.1, 0.15) is 30.6 Å². The summed E-state index contributed by atoms with van der Waals surface area (Å²) in [7, 11) is 0. The molecular weight excluding hydrogens is 228 g/mol. The van der Waals surface area contributed by atoms with E-state index in [9.17, 15) is 4.79 Å². The summed E-state index contributed by atoms with van der Waals surface area (Å²) in [5, 5.41) is -0.388. The second-order valence-electron chi connectivity index (χ2n) is 3.83. The molecule has 0 aliphatic heterocycles. The van der Waals surface area contributed by atoms with Crippen LogP contribution in [-0.2, 0) is 0 Å². The zero-order chi connectivity index (χ0) is 11.3. The molecule has 1 nitrogen and oxygen atoms in total. The van der Waals surface area contributed by atoms with Crippen molar-refractivity contribution in [1.82, 2.24) is 0 Å². The van der Waals surface area contributed by atoms with E-state index in [0.717, 1.165) is 16.6 Å². The highest BCUT2D eigenvalue weighted by Gasteiger charge is 2.03. The fourth-order valence-corrected chi connectivity index (χ4v) is 2.45. The van der Waals surface area contributed by atoms with Crippen molar-refractivity contribution < 1.29 is 4.79 Å². The maximum Gasteiger partial charge on any atom is 0.252 e. The molecule has 0 fully saturated rings. The van der Waals surface area contributed by atoms with E-state index < -0.39 is 0 Å². The summed E-state index contributed by atoms with van der Waals surface area (Å²) in [5.74, 6) is 1.80. The topological polar surface area (TPSA) is 17.1 Å². The summed E-state index contributed by atoms with van der Waals surface area (Å²) < 4.78 is 0. The molecular formula is C12H15ClOS. The largest absolute Gasteiger partial charge is 0.276 e. The lowest BCUT2D eigenvalue weighted by Crippen LogP contribution is -1.91. The van der Waals surface area contributed by atoms with Gasteiger partial charge >= 0.3 is 0 Å². The molecule has 0 N–H and O–H groups in total. The fourth-order valence-electron chi connectivity index (χ4n) is 1.12. The second kappa shape index (κ2) is 6.19. The third kappa shape index (κ3) is 4.72. The SMILES string of the molecule is CC(C)CCSc1cccc(C(=O)Cl)c1. The lowest BCUT2D eigenvalue weighted by atomic mass is 10.2. The van der Waals surface area contributed by atoms with Crippen molar-refractivity contribution in [2.24, 2.45) is 5.92 Å². The van der Waals surface area contributed by atoms with Crippen molar-refractivity contribution in [3.63, 3.8) is 0 Å². The van der Waals surface area contributed by atoms with E-state index in [1.807, 2.05) is 18.2 Å². The maximum atomic E-state index is 10.9. The van der Waals surface area contributed by atoms with Gasteiger partial charge in [-0.15, -0.1) is 11.8 Å². The molecule has 82 valence electrons. The van der Waals surface area contributed by atoms with Gasteiger partial charge in [-0.05, 0) is 41.8 Å². The molecule has 15 heavy (non-hydrogen) atoms. The average Bonchev–Trinajstić information content (AvgIpc) is 2.17. The van der Waals surface area contributed by atoms with Crippen molar-refractivity contribution in [2.45, 2.75) is 25.2 Å². The number of hydrogen-bond acceptors (Lipinski definition) is 2. The van der Waals surface area contributed by atoms with Crippen molar-refractivity contribution in [3.05, 3.63) is 29.8 Å². The van der Waals surface area contributed by atoms with Gasteiger partial charge in [0.1, 0.15) is 0 Å². The smallest absolute Gasteiger partial charge is 0.252 e. The normalized spacial score (nSPS) is 10.7. The molecule has 0 aliphatic rings. The molecule has 0 heterocycles. The van der Waals surface area contributed by atoms with E-state index in [1.165, 1.54) is 6.42 Å². The van der Waals surface area contributed by atoms with Gasteiger partial charge in [-0.1, -0.05) is 26.0 Å². The summed E-state index contributed by atoms with van der Waals surface area (Å²) in [6.07, 6.45) is 1.18. The van der Waals surface area contributed by atoms with Crippen LogP contribution in [0.15, 0.2) is 29.2 Å². The molecule has 0 saturated carbocycles. The Kier molecular flexibility index (Phi) is 5.20. The predicted molar refractivity (Wildman–Crippen MR) is 66.8 cm³/mol. The Morgan fingerprint density at radius 2 is 2.20 bits per heavy atom. The molecule has 0 spiro atoms. The van der Waals surface area contributed by atoms with Gasteiger partial charge in [0.15, 0.2) is 0 Å². The fraction of sp³-hybridized carbons (Fsp3) is 0.417. The summed E-state index contributed by atoms with van der Waals surface area (Å²) in [5.41, 5.74) is 0.575. The summed E-state index contributed by atoms with van der Waals surface area (Å²) in [4.78, 5) is 12.0. The Hall–Kier alpha value is -0.470. The highest BCUT2D eigenvalue weighted by molar-refractivity contribution is 7.99. The first-order chi connectivity index (χ1) is 7.09. The number of thioether (sulfide) groups is 1. The minimum atomic E-state index is -0.388. The van der Waals surface area contributed by atoms with Crippen LogP contribution >= 0.6 is 23.4 Å². The Bertz CT molecular complexity index is 336. The first kappa shape index (κ1) is 12.6. The number of rotatable bonds is 5. The predicted octanol–water partition coefficient (Wildman–Crippen LogP) is 4.20. The van der Waals surface area contributed by atoms with Crippen LogP contribution in [0.25, 0.3) is 0 Å². The lowest BCUT2D eigenvalue weighted by molar-refractivity contribution is 0.108. The number of halogens is 1. The third-order valence-corrected chi connectivity index (χ3v) is 3.27. The monoisotopic (exact) mass is 242 g/mol. The number of benzene rings is 1. The van der Waals surface area contributed by atoms with Crippen molar-refractivity contribution in [1.29, 1.82) is 0 Å². The molecule has 0 aromatic heterocycles. The van der Waals surface area contributed by atoms with Crippen LogP contribution in [0, 0.1) is 5.92 Å². The zero-order valence-corrected chi connectivity index (χ0v) is 10.6. The maximum absolute atomic E-state index is 10.9. The minimum Gasteiger partial charge on any atom is -0.276 e. The van der Waals surface area contributed by atoms with Crippen LogP contribution in [-0.4, -0.2) is 11.0 Å². The molecule has 1 rings (SSSR count). The van der Waals surface area contributed by atoms with Gasteiger partial charge in [0.25, 0.3) is 5.24 Å². The van der Waals surface area contributed by atoms with Gasteiger partial charge in [-0.2, -0.15) is 0 Å². The average molecular weight is 243 g/mol. The van der Waals surface area contributed by atoms with E-state index in [1.54, 1.807) is 17.8 Å². The molecule has 0 amide bonds. The second-order valence-corrected chi connectivity index (χ2v) is 5.34. The van der Waals surface area contributed by atoms with Crippen molar-refractivity contribution in [3.8, 4) is 0 Å². The van der Waals surface area contributed by atoms with Crippen LogP contribution in [0.3, 0.4) is 0 Å². The molecule has 3 heteroatoms. The Morgan fingerprint density at radius 1 is 1.47 bits per heavy atom. The summed E-state index contributed by atoms with van der Waals surface area (Å²) in [6, 6.07) is 7.46. The van der Waals surface area contributed by atoms with Gasteiger partial charge in [0, 0.05) is 10.5 Å². The highest BCUT2D eigenvalue weighted by Crippen LogP contribution is 2.22. The van der Waals surface area contributed by atoms with Gasteiger partial charge in [0.05, 0.1) is 0 Å². The number of hydrogen-bond donors (Lipinski definition) is 0. The van der Waals surface area contributed by atoms with Crippen LogP contribution < -0.4 is 0 Å². The zero-order valence-electron chi connectivity index (χ0n) is 9.00. The third-order valence-electron chi connectivity index (χ3n) is 2.02. The quantitative estimate of drug-likeness (QED) is 0.569. The molecule has 1 aromatic rings. The molecule has 0 bridgehead atoms. The van der Waals surface area contributed by atoms with Gasteiger partial charge in [-0.25, -0.2) is 0 Å². The first-order valence-corrected chi connectivity index (χ1v) is 6.38. The van der Waals surface area contributed by atoms with Gasteiger partial charge in [-0.3, -0.25) is 4.79 Å². The number of carbonyl (C=O) groups is 1. The molecule has 1 aromatic carbocycles. The molecule has 0 saturated heterocycles. The Balaban J connectivity index is 2.54. The van der Waals surface area contributed by atoms with Crippen LogP contribution in [0.2, 0.25) is 0 Å². The van der Waals surface area contributed by atoms with Gasteiger partial charge in [0.2, 0.25) is 0 Å². The Morgan fingerprint density at radius 3 is 2.80 bits per heavy atom. The van der Waals surface area contributed by atoms with Crippen molar-refractivity contribution in [2.75, 3.05) is 5.75 Å². The minimum absolute atomic E-state index is 0.388. The van der Waals surface area contributed by atoms with E-state index in [4.69, 9.17) is 11.6 Å². The van der Waals surface area contributed by atoms with Crippen LogP contribution in [0.5, 0.6) is 0 Å². The molecule has 0 atom stereocenters. The first-order valence-electron chi connectivity index (χ1n) is 5.02. The molecule has 0 radical (unpaired) electrons. The molecule has 0 aliphatic carbocycles. The van der Waals surface area contributed by atoms with Gasteiger partial charge < -0.3 is 0 Å². The van der Waals surface area contributed by atoms with Crippen molar-refractivity contribution >= 4 is 28.6 Å². The van der Waals surface area contributed by atoms with E-state index in [0.29, 0.717) is 5.56 Å². The summed E-state index contributed by atoms with van der Waals surface area (Å²) in [6.45, 7) is 4.42. The van der Waals surface area contributed by atoms with E-state index in [2.05, 4.69) is 13.8 Å². The standard InChI is InChI=1S/C12H15ClOS/c1-9(2)6-7-15-11-5-3-4-10(8-11)12(13)14/h3-5,8-9H,6-7H2,1-2H3. The lowest BCUT2D eigenvalue weighted by Gasteiger charge is -2.04. The molecule has 0 unspecified atom stereocenters. The highest BCUT2D eigenvalue weighted by atomic mass is 35.5. The summed E-state index contributed by atoms with van der Waals surface area (Å²) >= 11 is 7.18.